The van der Waals surface area contributed by atoms with Crippen LogP contribution in [0, 0.1) is 12.8 Å². The summed E-state index contributed by atoms with van der Waals surface area (Å²) in [4.78, 5) is 43.1. The predicted octanol–water partition coefficient (Wildman–Crippen LogP) is 2.11. The lowest BCUT2D eigenvalue weighted by molar-refractivity contribution is -0.122. The van der Waals surface area contributed by atoms with Crippen molar-refractivity contribution in [3.8, 4) is 0 Å². The van der Waals surface area contributed by atoms with Gasteiger partial charge in [-0.15, -0.1) is 11.3 Å². The number of aryl methyl sites for hydroxylation is 1. The summed E-state index contributed by atoms with van der Waals surface area (Å²) in [5.41, 5.74) is 1.00. The Morgan fingerprint density at radius 3 is 2.93 bits per heavy atom. The van der Waals surface area contributed by atoms with Crippen LogP contribution in [0.15, 0.2) is 24.3 Å². The van der Waals surface area contributed by atoms with Gasteiger partial charge in [0.25, 0.3) is 0 Å². The van der Waals surface area contributed by atoms with Gasteiger partial charge in [0.15, 0.2) is 16.6 Å². The highest BCUT2D eigenvalue weighted by Crippen LogP contribution is 2.30. The van der Waals surface area contributed by atoms with Crippen molar-refractivity contribution in [3.05, 3.63) is 34.8 Å². The fourth-order valence-electron chi connectivity index (χ4n) is 3.19. The van der Waals surface area contributed by atoms with E-state index in [1.165, 1.54) is 23.3 Å². The minimum atomic E-state index is -0.554. The molecule has 1 fully saturated rings. The molecule has 1 aliphatic rings. The molecule has 1 aromatic carbocycles. The summed E-state index contributed by atoms with van der Waals surface area (Å²) < 4.78 is 4.67. The van der Waals surface area contributed by atoms with Gasteiger partial charge in [-0.05, 0) is 19.1 Å². The van der Waals surface area contributed by atoms with Gasteiger partial charge >= 0.3 is 5.97 Å². The fraction of sp³-hybridized carbons (Fsp3) is 0.278. The highest BCUT2D eigenvalue weighted by atomic mass is 32.1. The summed E-state index contributed by atoms with van der Waals surface area (Å²) in [5.74, 6) is -1.05. The Labute approximate surface area is 163 Å². The zero-order valence-corrected chi connectivity index (χ0v) is 16.0. The van der Waals surface area contributed by atoms with E-state index in [0.29, 0.717) is 15.8 Å². The topological polar surface area (TPSA) is 117 Å². The van der Waals surface area contributed by atoms with Crippen LogP contribution in [0.3, 0.4) is 0 Å². The molecule has 3 heterocycles. The Kier molecular flexibility index (Phi) is 4.55. The van der Waals surface area contributed by atoms with Gasteiger partial charge < -0.3 is 10.1 Å². The van der Waals surface area contributed by atoms with Gasteiger partial charge in [0.2, 0.25) is 11.8 Å². The summed E-state index contributed by atoms with van der Waals surface area (Å²) in [6.45, 7) is 1.96. The van der Waals surface area contributed by atoms with Gasteiger partial charge in [-0.3, -0.25) is 19.6 Å². The number of benzene rings is 1. The Hall–Kier alpha value is -3.27. The number of carbonyl (C=O) groups excluding carboxylic acids is 3. The SMILES string of the molecule is COC(=O)c1nc(NC(=O)[C@H]2CC(=O)N(c3n[nH]c4ccccc34)C2)sc1C. The first-order valence-electron chi connectivity index (χ1n) is 8.58. The number of rotatable bonds is 4. The molecule has 144 valence electrons. The summed E-state index contributed by atoms with van der Waals surface area (Å²) in [7, 11) is 1.27. The maximum absolute atomic E-state index is 12.6. The molecule has 1 saturated heterocycles. The van der Waals surface area contributed by atoms with Gasteiger partial charge in [0.1, 0.15) is 0 Å². The molecule has 0 bridgehead atoms. The maximum atomic E-state index is 12.6. The number of thiazole rings is 1. The minimum absolute atomic E-state index is 0.0846. The van der Waals surface area contributed by atoms with Crippen LogP contribution < -0.4 is 10.2 Å². The van der Waals surface area contributed by atoms with Crippen molar-refractivity contribution in [2.75, 3.05) is 23.9 Å². The number of nitrogens with zero attached hydrogens (tertiary/aromatic N) is 3. The highest BCUT2D eigenvalue weighted by molar-refractivity contribution is 7.16. The van der Waals surface area contributed by atoms with Crippen molar-refractivity contribution in [2.45, 2.75) is 13.3 Å². The molecule has 1 aliphatic heterocycles. The van der Waals surface area contributed by atoms with E-state index < -0.39 is 11.9 Å². The highest BCUT2D eigenvalue weighted by Gasteiger charge is 2.37. The van der Waals surface area contributed by atoms with Crippen molar-refractivity contribution in [1.29, 1.82) is 0 Å². The molecule has 2 aromatic heterocycles. The van der Waals surface area contributed by atoms with Crippen LogP contribution in [-0.4, -0.2) is 46.6 Å². The molecule has 0 unspecified atom stereocenters. The van der Waals surface area contributed by atoms with Crippen molar-refractivity contribution in [2.24, 2.45) is 5.92 Å². The Bertz CT molecular complexity index is 1090. The van der Waals surface area contributed by atoms with Crippen LogP contribution in [0.2, 0.25) is 0 Å². The van der Waals surface area contributed by atoms with E-state index in [1.54, 1.807) is 6.92 Å². The summed E-state index contributed by atoms with van der Waals surface area (Å²) in [6.07, 6.45) is 0.0846. The number of H-pyrrole nitrogens is 1. The number of amides is 2. The summed E-state index contributed by atoms with van der Waals surface area (Å²) in [6, 6.07) is 7.50. The molecule has 3 aromatic rings. The summed E-state index contributed by atoms with van der Waals surface area (Å²) in [5, 5.41) is 11.0. The Morgan fingerprint density at radius 2 is 2.14 bits per heavy atom. The number of nitrogens with one attached hydrogen (secondary N) is 2. The van der Waals surface area contributed by atoms with E-state index in [2.05, 4.69) is 25.2 Å². The van der Waals surface area contributed by atoms with Crippen molar-refractivity contribution >= 4 is 51.0 Å². The second-order valence-corrected chi connectivity index (χ2v) is 7.61. The largest absolute Gasteiger partial charge is 0.464 e. The van der Waals surface area contributed by atoms with Gasteiger partial charge in [0, 0.05) is 23.2 Å². The fourth-order valence-corrected chi connectivity index (χ4v) is 3.99. The molecule has 9 nitrogen and oxygen atoms in total. The number of ether oxygens (including phenoxy) is 1. The molecular weight excluding hydrogens is 382 g/mol. The second-order valence-electron chi connectivity index (χ2n) is 6.40. The molecule has 0 saturated carbocycles. The third-order valence-corrected chi connectivity index (χ3v) is 5.49. The van der Waals surface area contributed by atoms with Crippen molar-refractivity contribution < 1.29 is 19.1 Å². The average Bonchev–Trinajstić information content (AvgIpc) is 3.37. The number of anilines is 2. The van der Waals surface area contributed by atoms with Crippen LogP contribution in [0.4, 0.5) is 10.9 Å². The average molecular weight is 399 g/mol. The van der Waals surface area contributed by atoms with E-state index in [1.807, 2.05) is 24.3 Å². The standard InChI is InChI=1S/C18H17N5O4S/c1-9-14(17(26)27-2)19-18(28-9)20-16(25)10-7-13(24)23(8-10)15-11-5-3-4-6-12(11)21-22-15/h3-6,10H,7-8H2,1-2H3,(H,21,22)(H,19,20,25)/t10-/m0/s1. The first-order chi connectivity index (χ1) is 13.5. The minimum Gasteiger partial charge on any atom is -0.464 e. The molecule has 28 heavy (non-hydrogen) atoms. The molecule has 0 spiro atoms. The molecule has 10 heteroatoms. The number of para-hydroxylation sites is 1. The zero-order valence-electron chi connectivity index (χ0n) is 15.2. The number of fused-ring (bicyclic) bond motifs is 1. The second kappa shape index (κ2) is 7.04. The molecule has 0 radical (unpaired) electrons. The predicted molar refractivity (Wildman–Crippen MR) is 103 cm³/mol. The summed E-state index contributed by atoms with van der Waals surface area (Å²) >= 11 is 1.19. The van der Waals surface area contributed by atoms with Crippen LogP contribution in [0.5, 0.6) is 0 Å². The third-order valence-electron chi connectivity index (χ3n) is 4.61. The van der Waals surface area contributed by atoms with Crippen LogP contribution >= 0.6 is 11.3 Å². The molecule has 4 rings (SSSR count). The Balaban J connectivity index is 1.49. The number of esters is 1. The Morgan fingerprint density at radius 1 is 1.36 bits per heavy atom. The number of carbonyl (C=O) groups is 3. The van der Waals surface area contributed by atoms with Crippen molar-refractivity contribution in [3.63, 3.8) is 0 Å². The van der Waals surface area contributed by atoms with E-state index in [9.17, 15) is 14.4 Å². The number of hydrogen-bond donors (Lipinski definition) is 2. The third kappa shape index (κ3) is 3.11. The van der Waals surface area contributed by atoms with Gasteiger partial charge in [-0.25, -0.2) is 9.78 Å². The molecule has 2 N–H and O–H groups in total. The zero-order chi connectivity index (χ0) is 19.8. The lowest BCUT2D eigenvalue weighted by Crippen LogP contribution is -2.28. The lowest BCUT2D eigenvalue weighted by Gasteiger charge is -2.13. The van der Waals surface area contributed by atoms with Crippen LogP contribution in [0.1, 0.15) is 21.8 Å². The van der Waals surface area contributed by atoms with Gasteiger partial charge in [-0.2, -0.15) is 5.10 Å². The number of aromatic amines is 1. The van der Waals surface area contributed by atoms with E-state index >= 15 is 0 Å². The van der Waals surface area contributed by atoms with E-state index in [-0.39, 0.29) is 30.5 Å². The van der Waals surface area contributed by atoms with Gasteiger partial charge in [0.05, 0.1) is 18.5 Å². The van der Waals surface area contributed by atoms with E-state index in [4.69, 9.17) is 0 Å². The quantitative estimate of drug-likeness (QED) is 0.649. The maximum Gasteiger partial charge on any atom is 0.357 e. The monoisotopic (exact) mass is 399 g/mol. The van der Waals surface area contributed by atoms with Gasteiger partial charge in [-0.1, -0.05) is 12.1 Å². The molecular formula is C18H17N5O4S. The lowest BCUT2D eigenvalue weighted by atomic mass is 10.1. The molecule has 0 aliphatic carbocycles. The molecule has 2 amide bonds. The van der Waals surface area contributed by atoms with Crippen molar-refractivity contribution in [1.82, 2.24) is 15.2 Å². The van der Waals surface area contributed by atoms with E-state index in [0.717, 1.165) is 10.9 Å². The molecule has 1 atom stereocenters. The first-order valence-corrected chi connectivity index (χ1v) is 9.39. The smallest absolute Gasteiger partial charge is 0.357 e. The first kappa shape index (κ1) is 18.1. The normalized spacial score (nSPS) is 16.6. The van der Waals surface area contributed by atoms with Crippen LogP contribution in [-0.2, 0) is 14.3 Å². The number of aromatic nitrogens is 3. The number of hydrogen-bond acceptors (Lipinski definition) is 7. The van der Waals surface area contributed by atoms with Crippen LogP contribution in [0.25, 0.3) is 10.9 Å². The number of methoxy groups -OCH3 is 1.